The molecule has 1 aromatic carbocycles. The lowest BCUT2D eigenvalue weighted by atomic mass is 10.1. The van der Waals surface area contributed by atoms with E-state index in [2.05, 4.69) is 4.98 Å². The van der Waals surface area contributed by atoms with Crippen molar-refractivity contribution in [1.82, 2.24) is 14.8 Å². The summed E-state index contributed by atoms with van der Waals surface area (Å²) >= 11 is 0. The highest BCUT2D eigenvalue weighted by Crippen LogP contribution is 2.23. The largest absolute Gasteiger partial charge is 0.493 e. The van der Waals surface area contributed by atoms with E-state index in [0.717, 1.165) is 12.8 Å². The standard InChI is InChI=1S/C22H27N3O4/c1-4-28-19-8-6-5-7-18(19)22(27)25-13-11-17(12-14-25)29-20-10-9-16(15-23-20)21(26)24(2)3/h5-10,15,17H,4,11-14H2,1-3H3. The van der Waals surface area contributed by atoms with Crippen molar-refractivity contribution in [3.05, 3.63) is 53.7 Å². The van der Waals surface area contributed by atoms with Gasteiger partial charge in [0, 0.05) is 52.3 Å². The van der Waals surface area contributed by atoms with Crippen molar-refractivity contribution in [3.8, 4) is 11.6 Å². The van der Waals surface area contributed by atoms with E-state index in [-0.39, 0.29) is 17.9 Å². The van der Waals surface area contributed by atoms with E-state index in [1.165, 1.54) is 11.1 Å². The molecule has 0 radical (unpaired) electrons. The highest BCUT2D eigenvalue weighted by atomic mass is 16.5. The molecule has 2 aromatic rings. The number of ether oxygens (including phenoxy) is 2. The third-order valence-corrected chi connectivity index (χ3v) is 4.82. The number of para-hydroxylation sites is 1. The maximum atomic E-state index is 12.9. The topological polar surface area (TPSA) is 72.0 Å². The van der Waals surface area contributed by atoms with Gasteiger partial charge in [0.1, 0.15) is 11.9 Å². The number of pyridine rings is 1. The zero-order valence-electron chi connectivity index (χ0n) is 17.1. The van der Waals surface area contributed by atoms with Crippen LogP contribution in [0.3, 0.4) is 0 Å². The van der Waals surface area contributed by atoms with Gasteiger partial charge in [-0.3, -0.25) is 9.59 Å². The first-order valence-corrected chi connectivity index (χ1v) is 9.85. The predicted octanol–water partition coefficient (Wildman–Crippen LogP) is 2.87. The summed E-state index contributed by atoms with van der Waals surface area (Å²) in [5, 5.41) is 0. The fraction of sp³-hybridized carbons (Fsp3) is 0.409. The third kappa shape index (κ3) is 5.04. The molecule has 1 aromatic heterocycles. The molecule has 0 atom stereocenters. The van der Waals surface area contributed by atoms with Crippen molar-refractivity contribution in [2.24, 2.45) is 0 Å². The van der Waals surface area contributed by atoms with Gasteiger partial charge in [0.15, 0.2) is 0 Å². The van der Waals surface area contributed by atoms with Crippen LogP contribution >= 0.6 is 0 Å². The number of hydrogen-bond acceptors (Lipinski definition) is 5. The summed E-state index contributed by atoms with van der Waals surface area (Å²) in [6, 6.07) is 10.8. The molecule has 1 fully saturated rings. The van der Waals surface area contributed by atoms with Crippen LogP contribution in [0, 0.1) is 0 Å². The molecular formula is C22H27N3O4. The molecule has 7 nitrogen and oxygen atoms in total. The number of benzene rings is 1. The van der Waals surface area contributed by atoms with Crippen LogP contribution in [0.2, 0.25) is 0 Å². The lowest BCUT2D eigenvalue weighted by Crippen LogP contribution is -2.42. The van der Waals surface area contributed by atoms with E-state index in [9.17, 15) is 9.59 Å². The number of amides is 2. The molecule has 7 heteroatoms. The number of rotatable bonds is 6. The fourth-order valence-corrected chi connectivity index (χ4v) is 3.28. The Balaban J connectivity index is 1.55. The van der Waals surface area contributed by atoms with Gasteiger partial charge in [-0.25, -0.2) is 4.98 Å². The van der Waals surface area contributed by atoms with Gasteiger partial charge in [0.25, 0.3) is 11.8 Å². The van der Waals surface area contributed by atoms with Crippen LogP contribution in [0.25, 0.3) is 0 Å². The summed E-state index contributed by atoms with van der Waals surface area (Å²) in [4.78, 5) is 32.4. The van der Waals surface area contributed by atoms with Crippen molar-refractivity contribution in [2.45, 2.75) is 25.9 Å². The molecule has 0 bridgehead atoms. The van der Waals surface area contributed by atoms with E-state index >= 15 is 0 Å². The van der Waals surface area contributed by atoms with Crippen LogP contribution < -0.4 is 9.47 Å². The minimum absolute atomic E-state index is 0.0101. The van der Waals surface area contributed by atoms with Gasteiger partial charge >= 0.3 is 0 Å². The summed E-state index contributed by atoms with van der Waals surface area (Å²) in [6.07, 6.45) is 2.97. The van der Waals surface area contributed by atoms with E-state index < -0.39 is 0 Å². The minimum atomic E-state index is -0.0943. The number of nitrogens with zero attached hydrogens (tertiary/aromatic N) is 3. The smallest absolute Gasteiger partial charge is 0.257 e. The average Bonchev–Trinajstić information content (AvgIpc) is 2.74. The summed E-state index contributed by atoms with van der Waals surface area (Å²) in [7, 11) is 3.41. The third-order valence-electron chi connectivity index (χ3n) is 4.82. The minimum Gasteiger partial charge on any atom is -0.493 e. The molecule has 2 heterocycles. The van der Waals surface area contributed by atoms with Crippen LogP contribution in [0.4, 0.5) is 0 Å². The molecule has 3 rings (SSSR count). The van der Waals surface area contributed by atoms with Crippen LogP contribution in [0.15, 0.2) is 42.6 Å². The summed E-state index contributed by atoms with van der Waals surface area (Å²) in [5.74, 6) is 1.00. The van der Waals surface area contributed by atoms with E-state index in [0.29, 0.717) is 42.5 Å². The average molecular weight is 397 g/mol. The van der Waals surface area contributed by atoms with E-state index in [4.69, 9.17) is 9.47 Å². The Hall–Kier alpha value is -3.09. The molecular weight excluding hydrogens is 370 g/mol. The Bertz CT molecular complexity index is 843. The zero-order chi connectivity index (χ0) is 20.8. The number of aromatic nitrogens is 1. The van der Waals surface area contributed by atoms with Crippen LogP contribution in [-0.4, -0.2) is 66.5 Å². The molecule has 2 amide bonds. The monoisotopic (exact) mass is 397 g/mol. The van der Waals surface area contributed by atoms with Gasteiger partial charge in [0.05, 0.1) is 17.7 Å². The molecule has 0 saturated carbocycles. The first kappa shape index (κ1) is 20.6. The Morgan fingerprint density at radius 1 is 1.14 bits per heavy atom. The summed E-state index contributed by atoms with van der Waals surface area (Å²) < 4.78 is 11.5. The molecule has 0 unspecified atom stereocenters. The maximum absolute atomic E-state index is 12.9. The van der Waals surface area contributed by atoms with Crippen molar-refractivity contribution in [1.29, 1.82) is 0 Å². The van der Waals surface area contributed by atoms with Gasteiger partial charge in [-0.2, -0.15) is 0 Å². The zero-order valence-corrected chi connectivity index (χ0v) is 17.1. The summed E-state index contributed by atoms with van der Waals surface area (Å²) in [6.45, 7) is 3.65. The SMILES string of the molecule is CCOc1ccccc1C(=O)N1CCC(Oc2ccc(C(=O)N(C)C)cn2)CC1. The second kappa shape index (κ2) is 9.41. The number of piperidine rings is 1. The maximum Gasteiger partial charge on any atom is 0.257 e. The highest BCUT2D eigenvalue weighted by Gasteiger charge is 2.26. The molecule has 0 aliphatic carbocycles. The van der Waals surface area contributed by atoms with Crippen LogP contribution in [-0.2, 0) is 0 Å². The fourth-order valence-electron chi connectivity index (χ4n) is 3.28. The molecule has 1 aliphatic heterocycles. The molecule has 154 valence electrons. The van der Waals surface area contributed by atoms with E-state index in [1.807, 2.05) is 30.0 Å². The molecule has 1 aliphatic rings. The number of carbonyl (C=O) groups excluding carboxylic acids is 2. The van der Waals surface area contributed by atoms with Crippen molar-refractivity contribution >= 4 is 11.8 Å². The molecule has 0 spiro atoms. The van der Waals surface area contributed by atoms with Gasteiger partial charge in [-0.1, -0.05) is 12.1 Å². The second-order valence-electron chi connectivity index (χ2n) is 7.12. The highest BCUT2D eigenvalue weighted by molar-refractivity contribution is 5.97. The lowest BCUT2D eigenvalue weighted by Gasteiger charge is -2.32. The van der Waals surface area contributed by atoms with E-state index in [1.54, 1.807) is 32.3 Å². The Morgan fingerprint density at radius 3 is 2.48 bits per heavy atom. The Labute approximate surface area is 171 Å². The van der Waals surface area contributed by atoms with Crippen LogP contribution in [0.5, 0.6) is 11.6 Å². The van der Waals surface area contributed by atoms with Crippen LogP contribution in [0.1, 0.15) is 40.5 Å². The number of likely N-dealkylation sites (tertiary alicyclic amines) is 1. The molecule has 1 saturated heterocycles. The van der Waals surface area contributed by atoms with Crippen molar-refractivity contribution in [2.75, 3.05) is 33.8 Å². The van der Waals surface area contributed by atoms with Gasteiger partial charge < -0.3 is 19.3 Å². The normalized spacial score (nSPS) is 14.4. The number of carbonyl (C=O) groups is 2. The van der Waals surface area contributed by atoms with Gasteiger partial charge in [0.2, 0.25) is 5.88 Å². The quantitative estimate of drug-likeness (QED) is 0.750. The second-order valence-corrected chi connectivity index (χ2v) is 7.12. The first-order valence-electron chi connectivity index (χ1n) is 9.85. The molecule has 0 N–H and O–H groups in total. The predicted molar refractivity (Wildman–Crippen MR) is 109 cm³/mol. The summed E-state index contributed by atoms with van der Waals surface area (Å²) in [5.41, 5.74) is 1.12. The first-order chi connectivity index (χ1) is 14.0. The van der Waals surface area contributed by atoms with Crippen molar-refractivity contribution in [3.63, 3.8) is 0 Å². The van der Waals surface area contributed by atoms with Gasteiger partial charge in [-0.05, 0) is 25.1 Å². The number of hydrogen-bond donors (Lipinski definition) is 0. The van der Waals surface area contributed by atoms with Gasteiger partial charge in [-0.15, -0.1) is 0 Å². The Kier molecular flexibility index (Phi) is 6.69. The van der Waals surface area contributed by atoms with Crippen molar-refractivity contribution < 1.29 is 19.1 Å². The lowest BCUT2D eigenvalue weighted by molar-refractivity contribution is 0.0584. The Morgan fingerprint density at radius 2 is 1.86 bits per heavy atom. The molecule has 29 heavy (non-hydrogen) atoms.